The van der Waals surface area contributed by atoms with Crippen molar-refractivity contribution in [2.24, 2.45) is 7.05 Å². The van der Waals surface area contributed by atoms with Crippen molar-refractivity contribution in [2.45, 2.75) is 13.3 Å². The maximum absolute atomic E-state index is 10.7. The molecule has 0 aliphatic carbocycles. The highest BCUT2D eigenvalue weighted by molar-refractivity contribution is 8.13. The summed E-state index contributed by atoms with van der Waals surface area (Å²) in [5.41, 5.74) is 1.90. The lowest BCUT2D eigenvalue weighted by atomic mass is 10.2. The van der Waals surface area contributed by atoms with E-state index in [2.05, 4.69) is 5.10 Å². The van der Waals surface area contributed by atoms with Gasteiger partial charge in [0.1, 0.15) is 0 Å². The molecule has 1 rings (SSSR count). The Morgan fingerprint density at radius 3 is 2.50 bits per heavy atom. The van der Waals surface area contributed by atoms with E-state index in [9.17, 15) is 8.42 Å². The molecule has 0 unspecified atom stereocenters. The van der Waals surface area contributed by atoms with Crippen LogP contribution in [-0.4, -0.2) is 24.0 Å². The van der Waals surface area contributed by atoms with Crippen LogP contribution in [0.4, 0.5) is 0 Å². The van der Waals surface area contributed by atoms with Gasteiger partial charge >= 0.3 is 0 Å². The quantitative estimate of drug-likeness (QED) is 0.768. The highest BCUT2D eigenvalue weighted by Gasteiger charge is 2.09. The van der Waals surface area contributed by atoms with Gasteiger partial charge in [-0.2, -0.15) is 5.10 Å². The SMILES string of the molecule is Cc1c(CCS(=O)(=O)Cl)cnn1C.Cl. The molecule has 1 heterocycles. The number of aryl methyl sites for hydroxylation is 2. The third kappa shape index (κ3) is 3.86. The fourth-order valence-electron chi connectivity index (χ4n) is 1.02. The predicted octanol–water partition coefficient (Wildman–Crippen LogP) is 1.26. The Balaban J connectivity index is 0.00000169. The van der Waals surface area contributed by atoms with Crippen LogP contribution >= 0.6 is 23.1 Å². The minimum atomic E-state index is -3.39. The van der Waals surface area contributed by atoms with Crippen molar-refractivity contribution in [3.8, 4) is 0 Å². The van der Waals surface area contributed by atoms with Gasteiger partial charge < -0.3 is 0 Å². The van der Waals surface area contributed by atoms with Crippen LogP contribution in [0, 0.1) is 6.92 Å². The number of hydrogen-bond donors (Lipinski definition) is 0. The zero-order chi connectivity index (χ0) is 10.1. The predicted molar refractivity (Wildman–Crippen MR) is 58.5 cm³/mol. The monoisotopic (exact) mass is 258 g/mol. The van der Waals surface area contributed by atoms with E-state index in [1.807, 2.05) is 14.0 Å². The number of aromatic nitrogens is 2. The van der Waals surface area contributed by atoms with Crippen LogP contribution in [0.1, 0.15) is 11.3 Å². The minimum absolute atomic E-state index is 0. The van der Waals surface area contributed by atoms with Crippen LogP contribution in [0.25, 0.3) is 0 Å². The van der Waals surface area contributed by atoms with Gasteiger partial charge in [0.2, 0.25) is 9.05 Å². The number of nitrogens with zero attached hydrogens (tertiary/aromatic N) is 2. The highest BCUT2D eigenvalue weighted by atomic mass is 35.7. The van der Waals surface area contributed by atoms with Crippen molar-refractivity contribution in [2.75, 3.05) is 5.75 Å². The zero-order valence-corrected chi connectivity index (χ0v) is 10.3. The Bertz CT molecular complexity index is 400. The molecule has 0 saturated carbocycles. The summed E-state index contributed by atoms with van der Waals surface area (Å²) in [5, 5.41) is 4.00. The Morgan fingerprint density at radius 1 is 1.57 bits per heavy atom. The fraction of sp³-hybridized carbons (Fsp3) is 0.571. The molecule has 1 aromatic rings. The molecule has 14 heavy (non-hydrogen) atoms. The Hall–Kier alpha value is -0.260. The van der Waals surface area contributed by atoms with Crippen molar-refractivity contribution in [3.05, 3.63) is 17.5 Å². The lowest BCUT2D eigenvalue weighted by molar-refractivity contribution is 0.608. The summed E-state index contributed by atoms with van der Waals surface area (Å²) in [6, 6.07) is 0. The number of halogens is 2. The summed E-state index contributed by atoms with van der Waals surface area (Å²) in [4.78, 5) is 0. The average molecular weight is 259 g/mol. The molecule has 0 aliphatic rings. The van der Waals surface area contributed by atoms with Gasteiger partial charge in [0, 0.05) is 23.4 Å². The highest BCUT2D eigenvalue weighted by Crippen LogP contribution is 2.09. The summed E-state index contributed by atoms with van der Waals surface area (Å²) >= 11 is 0. The molecule has 0 N–H and O–H groups in total. The summed E-state index contributed by atoms with van der Waals surface area (Å²) in [5.74, 6) is -0.0406. The van der Waals surface area contributed by atoms with E-state index >= 15 is 0 Å². The molecule has 0 atom stereocenters. The van der Waals surface area contributed by atoms with E-state index < -0.39 is 9.05 Å². The number of hydrogen-bond acceptors (Lipinski definition) is 3. The fourth-order valence-corrected chi connectivity index (χ4v) is 1.72. The lowest BCUT2D eigenvalue weighted by Crippen LogP contribution is -2.02. The molecule has 0 radical (unpaired) electrons. The van der Waals surface area contributed by atoms with Gasteiger partial charge in [0.05, 0.1) is 11.9 Å². The van der Waals surface area contributed by atoms with Gasteiger partial charge in [-0.25, -0.2) is 8.42 Å². The summed E-state index contributed by atoms with van der Waals surface area (Å²) in [6.45, 7) is 1.89. The molecule has 0 fully saturated rings. The lowest BCUT2D eigenvalue weighted by Gasteiger charge is -1.97. The van der Waals surface area contributed by atoms with Crippen LogP contribution in [0.5, 0.6) is 0 Å². The third-order valence-corrected chi connectivity index (χ3v) is 3.11. The smallest absolute Gasteiger partial charge is 0.232 e. The van der Waals surface area contributed by atoms with Crippen molar-refractivity contribution >= 4 is 32.1 Å². The molecule has 0 saturated heterocycles. The second-order valence-corrected chi connectivity index (χ2v) is 5.77. The average Bonchev–Trinajstić information content (AvgIpc) is 2.29. The first kappa shape index (κ1) is 13.7. The number of rotatable bonds is 3. The van der Waals surface area contributed by atoms with Crippen molar-refractivity contribution in [3.63, 3.8) is 0 Å². The molecule has 0 aliphatic heterocycles. The van der Waals surface area contributed by atoms with Crippen LogP contribution in [-0.2, 0) is 22.5 Å². The molecule has 0 amide bonds. The van der Waals surface area contributed by atoms with E-state index in [-0.39, 0.29) is 18.2 Å². The zero-order valence-electron chi connectivity index (χ0n) is 7.90. The normalized spacial score (nSPS) is 11.1. The molecule has 0 spiro atoms. The first-order valence-corrected chi connectivity index (χ1v) is 6.28. The third-order valence-electron chi connectivity index (χ3n) is 1.95. The summed E-state index contributed by atoms with van der Waals surface area (Å²) in [6.07, 6.45) is 2.09. The minimum Gasteiger partial charge on any atom is -0.273 e. The summed E-state index contributed by atoms with van der Waals surface area (Å²) < 4.78 is 23.0. The largest absolute Gasteiger partial charge is 0.273 e. The summed E-state index contributed by atoms with van der Waals surface area (Å²) in [7, 11) is 3.51. The van der Waals surface area contributed by atoms with Crippen LogP contribution < -0.4 is 0 Å². The van der Waals surface area contributed by atoms with Gasteiger partial charge in [-0.3, -0.25) is 4.68 Å². The van der Waals surface area contributed by atoms with E-state index in [0.29, 0.717) is 6.42 Å². The van der Waals surface area contributed by atoms with E-state index in [1.54, 1.807) is 10.9 Å². The van der Waals surface area contributed by atoms with Crippen LogP contribution in [0.2, 0.25) is 0 Å². The van der Waals surface area contributed by atoms with Gasteiger partial charge in [-0.1, -0.05) is 0 Å². The van der Waals surface area contributed by atoms with Crippen molar-refractivity contribution in [1.29, 1.82) is 0 Å². The first-order valence-electron chi connectivity index (χ1n) is 3.80. The Morgan fingerprint density at radius 2 is 2.14 bits per heavy atom. The van der Waals surface area contributed by atoms with Crippen molar-refractivity contribution in [1.82, 2.24) is 9.78 Å². The van der Waals surface area contributed by atoms with Gasteiger partial charge in [0.25, 0.3) is 0 Å². The molecular weight excluding hydrogens is 247 g/mol. The van der Waals surface area contributed by atoms with Crippen LogP contribution in [0.3, 0.4) is 0 Å². The van der Waals surface area contributed by atoms with Gasteiger partial charge in [-0.05, 0) is 18.9 Å². The standard InChI is InChI=1S/C7H11ClN2O2S.ClH/c1-6-7(5-9-10(6)2)3-4-13(8,11)12;/h5H,3-4H2,1-2H3;1H. The van der Waals surface area contributed by atoms with E-state index in [4.69, 9.17) is 10.7 Å². The molecule has 1 aromatic heterocycles. The van der Waals surface area contributed by atoms with Gasteiger partial charge in [-0.15, -0.1) is 12.4 Å². The Labute approximate surface area is 94.1 Å². The maximum atomic E-state index is 10.7. The van der Waals surface area contributed by atoms with Crippen LogP contribution in [0.15, 0.2) is 6.20 Å². The van der Waals surface area contributed by atoms with E-state index in [0.717, 1.165) is 11.3 Å². The van der Waals surface area contributed by atoms with E-state index in [1.165, 1.54) is 0 Å². The molecule has 7 heteroatoms. The second-order valence-electron chi connectivity index (χ2n) is 2.87. The second kappa shape index (κ2) is 5.00. The maximum Gasteiger partial charge on any atom is 0.232 e. The Kier molecular flexibility index (Phi) is 4.91. The van der Waals surface area contributed by atoms with Gasteiger partial charge in [0.15, 0.2) is 0 Å². The molecule has 82 valence electrons. The molecule has 0 aromatic carbocycles. The molecular formula is C7H12Cl2N2O2S. The van der Waals surface area contributed by atoms with Crippen molar-refractivity contribution < 1.29 is 8.42 Å². The molecule has 0 bridgehead atoms. The first-order chi connectivity index (χ1) is 5.90. The molecule has 4 nitrogen and oxygen atoms in total. The topological polar surface area (TPSA) is 52.0 Å².